The molecule has 0 spiro atoms. The molecule has 0 aliphatic carbocycles. The van der Waals surface area contributed by atoms with Crippen LogP contribution in [0.25, 0.3) is 11.1 Å². The SMILES string of the molecule is CC(=O)NC1[C@H](OCCCNC(=O)CCOCCOCCOCCOCCCC(=O)COc2ccc(-c3cccc(C)c3)cc2)OC(CO)[C@@H](O[C@@H]2OC(CO)[C@H](O)[C@H](O[C@H]3OC(CO)[C@H](O)[C@H](O)C3O)C2O)[C@@H]1O. The van der Waals surface area contributed by atoms with Gasteiger partial charge in [-0.2, -0.15) is 0 Å². The minimum absolute atomic E-state index is 0.00226. The molecule has 5 rings (SSSR count). The van der Waals surface area contributed by atoms with Gasteiger partial charge in [0, 0.05) is 32.9 Å². The predicted molar refractivity (Wildman–Crippen MR) is 258 cm³/mol. The summed E-state index contributed by atoms with van der Waals surface area (Å²) in [4.78, 5) is 36.9. The third kappa shape index (κ3) is 19.5. The van der Waals surface area contributed by atoms with Crippen molar-refractivity contribution >= 4 is 17.6 Å². The summed E-state index contributed by atoms with van der Waals surface area (Å²) in [6.07, 6.45) is -22.2. The summed E-state index contributed by atoms with van der Waals surface area (Å²) in [5.41, 5.74) is 3.39. The van der Waals surface area contributed by atoms with E-state index in [1.807, 2.05) is 30.3 Å². The molecule has 2 amide bonds. The van der Waals surface area contributed by atoms with Gasteiger partial charge < -0.3 is 109 Å². The van der Waals surface area contributed by atoms with Crippen LogP contribution in [-0.2, 0) is 61.8 Å². The van der Waals surface area contributed by atoms with Gasteiger partial charge in [0.15, 0.2) is 24.7 Å². The van der Waals surface area contributed by atoms with Crippen molar-refractivity contribution in [2.24, 2.45) is 0 Å². The van der Waals surface area contributed by atoms with Crippen molar-refractivity contribution in [3.8, 4) is 16.9 Å². The Morgan fingerprint density at radius 1 is 0.573 bits per heavy atom. The molecule has 0 saturated carbocycles. The maximum atomic E-state index is 12.4. The first kappa shape index (κ1) is 61.9. The molecule has 3 aliphatic rings. The molecule has 3 aliphatic heterocycles. The Kier molecular flexibility index (Phi) is 27.0. The summed E-state index contributed by atoms with van der Waals surface area (Å²) in [7, 11) is 0. The smallest absolute Gasteiger partial charge is 0.222 e. The van der Waals surface area contributed by atoms with E-state index in [-0.39, 0.29) is 57.5 Å². The molecule has 2 aromatic rings. The molecule has 25 heteroatoms. The molecule has 11 N–H and O–H groups in total. The highest BCUT2D eigenvalue weighted by molar-refractivity contribution is 5.80. The number of hydrogen-bond donors (Lipinski definition) is 11. The number of aliphatic hydroxyl groups is 9. The summed E-state index contributed by atoms with van der Waals surface area (Å²) in [5.74, 6) is -0.253. The van der Waals surface area contributed by atoms with Crippen molar-refractivity contribution in [2.75, 3.05) is 92.4 Å². The van der Waals surface area contributed by atoms with Crippen LogP contribution in [0.2, 0.25) is 0 Å². The van der Waals surface area contributed by atoms with Crippen LogP contribution >= 0.6 is 0 Å². The molecule has 3 fully saturated rings. The van der Waals surface area contributed by atoms with Crippen molar-refractivity contribution in [1.29, 1.82) is 0 Å². The molecule has 25 nitrogen and oxygen atoms in total. The van der Waals surface area contributed by atoms with Crippen LogP contribution in [0.4, 0.5) is 0 Å². The second-order valence-corrected chi connectivity index (χ2v) is 18.1. The minimum Gasteiger partial charge on any atom is -0.486 e. The number of ketones is 1. The zero-order valence-electron chi connectivity index (χ0n) is 42.2. The van der Waals surface area contributed by atoms with Gasteiger partial charge in [0.05, 0.1) is 72.7 Å². The Morgan fingerprint density at radius 3 is 1.79 bits per heavy atom. The van der Waals surface area contributed by atoms with Crippen molar-refractivity contribution in [2.45, 2.75) is 132 Å². The second-order valence-electron chi connectivity index (χ2n) is 18.1. The van der Waals surface area contributed by atoms with Crippen LogP contribution in [0, 0.1) is 6.92 Å². The molecular weight excluding hydrogens is 997 g/mol. The van der Waals surface area contributed by atoms with Crippen LogP contribution in [0.15, 0.2) is 48.5 Å². The summed E-state index contributed by atoms with van der Waals surface area (Å²) in [6, 6.07) is 14.6. The Labute approximate surface area is 434 Å². The number of amides is 2. The monoisotopic (exact) mass is 1070 g/mol. The van der Waals surface area contributed by atoms with Gasteiger partial charge >= 0.3 is 0 Å². The highest BCUT2D eigenvalue weighted by Gasteiger charge is 2.54. The number of Topliss-reactive ketones (excluding diaryl/α,β-unsaturated/α-hetero) is 1. The van der Waals surface area contributed by atoms with E-state index in [4.69, 9.17) is 52.1 Å². The van der Waals surface area contributed by atoms with E-state index in [2.05, 4.69) is 35.8 Å². The third-order valence-corrected chi connectivity index (χ3v) is 12.3. The second kappa shape index (κ2) is 32.7. The van der Waals surface area contributed by atoms with Gasteiger partial charge in [-0.25, -0.2) is 0 Å². The fourth-order valence-corrected chi connectivity index (χ4v) is 8.27. The average molecular weight is 1070 g/mol. The van der Waals surface area contributed by atoms with Gasteiger partial charge in [0.25, 0.3) is 0 Å². The summed E-state index contributed by atoms with van der Waals surface area (Å²) in [6.45, 7) is 3.54. The van der Waals surface area contributed by atoms with Crippen molar-refractivity contribution in [3.63, 3.8) is 0 Å². The zero-order chi connectivity index (χ0) is 54.3. The molecular formula is C50H76N2O23. The number of nitrogens with one attached hydrogen (secondary N) is 2. The van der Waals surface area contributed by atoms with E-state index in [1.54, 1.807) is 0 Å². The van der Waals surface area contributed by atoms with Gasteiger partial charge in [-0.3, -0.25) is 14.4 Å². The Balaban J connectivity index is 0.884. The van der Waals surface area contributed by atoms with E-state index in [0.717, 1.165) is 11.1 Å². The van der Waals surface area contributed by atoms with Gasteiger partial charge in [-0.05, 0) is 43.0 Å². The van der Waals surface area contributed by atoms with Crippen LogP contribution in [-0.4, -0.2) is 248 Å². The Bertz CT molecular complexity index is 1970. The number of carbonyl (C=O) groups is 3. The van der Waals surface area contributed by atoms with Crippen LogP contribution in [0.5, 0.6) is 5.75 Å². The standard InChI is InChI=1S/C50H76N2O23/c1-29-6-3-7-32(24-29)31-9-11-34(12-10-31)70-28-33(57)8-4-15-65-18-20-67-22-23-68-21-19-66-17-13-38(58)51-14-5-16-69-48-39(52-30(2)56)42(61)46(37(27-55)73-48)74-50-45(64)47(41(60)36(26-54)72-50)75-49-44(63)43(62)40(59)35(25-53)71-49/h3,6-7,9-12,24,35-37,39-50,53-55,59-64H,4-5,8,13-23,25-28H2,1-2H3,(H,51,58)(H,52,56)/t35?,36?,37?,39?,40-,41-,42+,43-,44?,45?,46+,47-,48+,49+,50-/m0/s1. The number of ether oxygens (including phenoxy) is 11. The molecule has 2 aromatic carbocycles. The summed E-state index contributed by atoms with van der Waals surface area (Å²) < 4.78 is 61.8. The van der Waals surface area contributed by atoms with E-state index < -0.39 is 118 Å². The minimum atomic E-state index is -1.96. The number of aliphatic hydroxyl groups excluding tert-OH is 9. The number of carbonyl (C=O) groups excluding carboxylic acids is 3. The van der Waals surface area contributed by atoms with Gasteiger partial charge in [0.1, 0.15) is 85.5 Å². The third-order valence-electron chi connectivity index (χ3n) is 12.3. The summed E-state index contributed by atoms with van der Waals surface area (Å²) >= 11 is 0. The van der Waals surface area contributed by atoms with Crippen molar-refractivity contribution in [1.82, 2.24) is 10.6 Å². The van der Waals surface area contributed by atoms with Crippen LogP contribution in [0.3, 0.4) is 0 Å². The molecule has 6 unspecified atom stereocenters. The number of benzene rings is 2. The Hall–Kier alpha value is -3.91. The molecule has 75 heavy (non-hydrogen) atoms. The van der Waals surface area contributed by atoms with E-state index in [9.17, 15) is 60.3 Å². The first-order chi connectivity index (χ1) is 36.1. The zero-order valence-corrected chi connectivity index (χ0v) is 42.2. The van der Waals surface area contributed by atoms with Crippen molar-refractivity contribution < 1.29 is 112 Å². The maximum Gasteiger partial charge on any atom is 0.222 e. The van der Waals surface area contributed by atoms with Crippen LogP contribution < -0.4 is 15.4 Å². The lowest BCUT2D eigenvalue weighted by molar-refractivity contribution is -0.376. The quantitative estimate of drug-likeness (QED) is 0.0317. The Morgan fingerprint density at radius 2 is 1.16 bits per heavy atom. The largest absolute Gasteiger partial charge is 0.486 e. The highest BCUT2D eigenvalue weighted by atomic mass is 16.8. The maximum absolute atomic E-state index is 12.4. The predicted octanol–water partition coefficient (Wildman–Crippen LogP) is -3.04. The molecule has 3 saturated heterocycles. The lowest BCUT2D eigenvalue weighted by atomic mass is 9.95. The summed E-state index contributed by atoms with van der Waals surface area (Å²) in [5, 5.41) is 99.5. The van der Waals surface area contributed by atoms with Gasteiger partial charge in [-0.15, -0.1) is 0 Å². The lowest BCUT2D eigenvalue weighted by Gasteiger charge is -2.48. The van der Waals surface area contributed by atoms with Gasteiger partial charge in [0.2, 0.25) is 11.8 Å². The topological polar surface area (TPSA) is 359 Å². The van der Waals surface area contributed by atoms with Crippen molar-refractivity contribution in [3.05, 3.63) is 54.1 Å². The van der Waals surface area contributed by atoms with E-state index in [0.29, 0.717) is 58.2 Å². The molecule has 3 heterocycles. The first-order valence-corrected chi connectivity index (χ1v) is 25.1. The van der Waals surface area contributed by atoms with Gasteiger partial charge in [-0.1, -0.05) is 42.0 Å². The molecule has 0 aromatic heterocycles. The first-order valence-electron chi connectivity index (χ1n) is 25.1. The molecule has 424 valence electrons. The number of rotatable bonds is 33. The molecule has 15 atom stereocenters. The lowest BCUT2D eigenvalue weighted by Crippen LogP contribution is -2.68. The molecule has 0 radical (unpaired) electrons. The van der Waals surface area contributed by atoms with E-state index in [1.165, 1.54) is 12.5 Å². The fourth-order valence-electron chi connectivity index (χ4n) is 8.27. The number of aryl methyl sites for hydroxylation is 1. The van der Waals surface area contributed by atoms with E-state index >= 15 is 0 Å². The fraction of sp³-hybridized carbons (Fsp3) is 0.700. The molecule has 0 bridgehead atoms. The number of hydrogen-bond acceptors (Lipinski definition) is 23. The normalized spacial score (nSPS) is 29.9. The average Bonchev–Trinajstić information content (AvgIpc) is 3.40. The highest BCUT2D eigenvalue weighted by Crippen LogP contribution is 2.33. The van der Waals surface area contributed by atoms with Crippen LogP contribution in [0.1, 0.15) is 38.2 Å².